The number of hydrogen-bond acceptors (Lipinski definition) is 1. The minimum absolute atomic E-state index is 0.924. The van der Waals surface area contributed by atoms with Crippen molar-refractivity contribution in [3.05, 3.63) is 67.0 Å². The molecule has 3 heterocycles. The van der Waals surface area contributed by atoms with Gasteiger partial charge in [-0.3, -0.25) is 0 Å². The van der Waals surface area contributed by atoms with Gasteiger partial charge in [0.25, 0.3) is 0 Å². The predicted octanol–water partition coefficient (Wildman–Crippen LogP) is 4.71. The molecule has 0 atom stereocenters. The molecule has 3 aromatic heterocycles. The van der Waals surface area contributed by atoms with Crippen molar-refractivity contribution in [1.82, 2.24) is 19.9 Å². The summed E-state index contributed by atoms with van der Waals surface area (Å²) in [5, 5.41) is 2.38. The van der Waals surface area contributed by atoms with Gasteiger partial charge in [-0.2, -0.15) is 0 Å². The average molecular weight is 298 g/mol. The standard InChI is InChI=1S/C19H14N4/c1-3-7-14-12(5-1)9-16(22-14)18-19(21-11-20-18)17-10-13-6-2-4-8-15(13)23-17/h1-11,22-23H,(H,20,21). The van der Waals surface area contributed by atoms with Crippen LogP contribution in [0.5, 0.6) is 0 Å². The normalized spacial score (nSPS) is 11.5. The highest BCUT2D eigenvalue weighted by atomic mass is 14.9. The Hall–Kier alpha value is -3.27. The summed E-state index contributed by atoms with van der Waals surface area (Å²) >= 11 is 0. The largest absolute Gasteiger partial charge is 0.353 e. The zero-order chi connectivity index (χ0) is 15.2. The Kier molecular flexibility index (Phi) is 2.46. The van der Waals surface area contributed by atoms with E-state index in [2.05, 4.69) is 56.3 Å². The quantitative estimate of drug-likeness (QED) is 0.434. The number of H-pyrrole nitrogens is 3. The van der Waals surface area contributed by atoms with Crippen LogP contribution in [-0.4, -0.2) is 19.9 Å². The maximum Gasteiger partial charge on any atom is 0.114 e. The van der Waals surface area contributed by atoms with Crippen molar-refractivity contribution >= 4 is 21.8 Å². The van der Waals surface area contributed by atoms with Crippen LogP contribution >= 0.6 is 0 Å². The van der Waals surface area contributed by atoms with Crippen LogP contribution in [0.2, 0.25) is 0 Å². The molecule has 0 aliphatic heterocycles. The van der Waals surface area contributed by atoms with Crippen LogP contribution in [0.1, 0.15) is 0 Å². The smallest absolute Gasteiger partial charge is 0.114 e. The summed E-state index contributed by atoms with van der Waals surface area (Å²) < 4.78 is 0. The highest BCUT2D eigenvalue weighted by molar-refractivity contribution is 5.91. The van der Waals surface area contributed by atoms with Gasteiger partial charge in [-0.05, 0) is 24.3 Å². The minimum atomic E-state index is 0.924. The molecule has 0 aliphatic rings. The van der Waals surface area contributed by atoms with E-state index < -0.39 is 0 Å². The van der Waals surface area contributed by atoms with Gasteiger partial charge in [-0.1, -0.05) is 36.4 Å². The molecule has 0 saturated carbocycles. The first-order chi connectivity index (χ1) is 11.4. The predicted molar refractivity (Wildman–Crippen MR) is 93.2 cm³/mol. The molecule has 4 nitrogen and oxygen atoms in total. The van der Waals surface area contributed by atoms with Gasteiger partial charge in [0, 0.05) is 21.8 Å². The highest BCUT2D eigenvalue weighted by Crippen LogP contribution is 2.31. The van der Waals surface area contributed by atoms with Crippen molar-refractivity contribution in [1.29, 1.82) is 0 Å². The zero-order valence-electron chi connectivity index (χ0n) is 12.3. The van der Waals surface area contributed by atoms with E-state index in [0.717, 1.165) is 33.8 Å². The summed E-state index contributed by atoms with van der Waals surface area (Å²) in [6.45, 7) is 0. The first-order valence-electron chi connectivity index (χ1n) is 7.58. The lowest BCUT2D eigenvalue weighted by molar-refractivity contribution is 1.30. The van der Waals surface area contributed by atoms with Crippen molar-refractivity contribution in [2.45, 2.75) is 0 Å². The summed E-state index contributed by atoms with van der Waals surface area (Å²) in [6, 6.07) is 20.8. The van der Waals surface area contributed by atoms with Crippen LogP contribution in [0, 0.1) is 0 Å². The summed E-state index contributed by atoms with van der Waals surface area (Å²) in [5.41, 5.74) is 6.21. The third kappa shape index (κ3) is 1.89. The Morgan fingerprint density at radius 2 is 1.30 bits per heavy atom. The Balaban J connectivity index is 1.69. The topological polar surface area (TPSA) is 60.3 Å². The monoisotopic (exact) mass is 298 g/mol. The van der Waals surface area contributed by atoms with Crippen LogP contribution in [-0.2, 0) is 0 Å². The fourth-order valence-corrected chi connectivity index (χ4v) is 3.11. The third-order valence-electron chi connectivity index (χ3n) is 4.22. The van der Waals surface area contributed by atoms with Gasteiger partial charge in [0.05, 0.1) is 23.4 Å². The molecule has 0 saturated heterocycles. The van der Waals surface area contributed by atoms with E-state index in [0.29, 0.717) is 0 Å². The average Bonchev–Trinajstić information content (AvgIpc) is 3.30. The van der Waals surface area contributed by atoms with Crippen molar-refractivity contribution in [3.8, 4) is 22.8 Å². The number of nitrogens with one attached hydrogen (secondary N) is 3. The molecular weight excluding hydrogens is 284 g/mol. The van der Waals surface area contributed by atoms with E-state index in [-0.39, 0.29) is 0 Å². The van der Waals surface area contributed by atoms with Crippen LogP contribution < -0.4 is 0 Å². The number of fused-ring (bicyclic) bond motifs is 2. The fourth-order valence-electron chi connectivity index (χ4n) is 3.11. The van der Waals surface area contributed by atoms with Crippen LogP contribution in [0.4, 0.5) is 0 Å². The number of benzene rings is 2. The second-order valence-electron chi connectivity index (χ2n) is 5.67. The van der Waals surface area contributed by atoms with Crippen LogP contribution in [0.15, 0.2) is 67.0 Å². The van der Waals surface area contributed by atoms with Crippen molar-refractivity contribution < 1.29 is 0 Å². The maximum atomic E-state index is 4.52. The van der Waals surface area contributed by atoms with Gasteiger partial charge < -0.3 is 15.0 Å². The first-order valence-corrected chi connectivity index (χ1v) is 7.58. The minimum Gasteiger partial charge on any atom is -0.353 e. The number of imidazole rings is 1. The van der Waals surface area contributed by atoms with Gasteiger partial charge >= 0.3 is 0 Å². The van der Waals surface area contributed by atoms with Crippen molar-refractivity contribution in [2.24, 2.45) is 0 Å². The lowest BCUT2D eigenvalue weighted by Crippen LogP contribution is -1.83. The van der Waals surface area contributed by atoms with E-state index >= 15 is 0 Å². The molecule has 0 radical (unpaired) electrons. The molecule has 0 aliphatic carbocycles. The fraction of sp³-hybridized carbons (Fsp3) is 0. The molecule has 0 amide bonds. The number of aromatic nitrogens is 4. The Labute approximate surface area is 132 Å². The number of para-hydroxylation sites is 2. The van der Waals surface area contributed by atoms with Crippen molar-refractivity contribution in [2.75, 3.05) is 0 Å². The van der Waals surface area contributed by atoms with Gasteiger partial charge in [0.2, 0.25) is 0 Å². The van der Waals surface area contributed by atoms with Crippen LogP contribution in [0.3, 0.4) is 0 Å². The number of hydrogen-bond donors (Lipinski definition) is 3. The summed E-state index contributed by atoms with van der Waals surface area (Å²) in [4.78, 5) is 14.7. The van der Waals surface area contributed by atoms with Gasteiger partial charge in [-0.25, -0.2) is 4.98 Å². The molecule has 0 spiro atoms. The Morgan fingerprint density at radius 1 is 0.696 bits per heavy atom. The number of rotatable bonds is 2. The zero-order valence-corrected chi connectivity index (χ0v) is 12.3. The Morgan fingerprint density at radius 3 is 2.00 bits per heavy atom. The molecular formula is C19H14N4. The SMILES string of the molecule is c1ccc2[nH]c(-c3nc[nH]c3-c3cc4ccccc4[nH]3)cc2c1. The number of nitrogens with zero attached hydrogens (tertiary/aromatic N) is 1. The Bertz CT molecular complexity index is 972. The lowest BCUT2D eigenvalue weighted by Gasteiger charge is -1.98. The molecule has 5 aromatic rings. The molecule has 0 unspecified atom stereocenters. The third-order valence-corrected chi connectivity index (χ3v) is 4.22. The second-order valence-corrected chi connectivity index (χ2v) is 5.67. The molecule has 4 heteroatoms. The van der Waals surface area contributed by atoms with Crippen LogP contribution in [0.25, 0.3) is 44.6 Å². The molecule has 3 N–H and O–H groups in total. The lowest BCUT2D eigenvalue weighted by atomic mass is 10.2. The summed E-state index contributed by atoms with van der Waals surface area (Å²) in [7, 11) is 0. The molecule has 0 bridgehead atoms. The van der Waals surface area contributed by atoms with E-state index in [4.69, 9.17) is 0 Å². The molecule has 0 fully saturated rings. The molecule has 2 aromatic carbocycles. The van der Waals surface area contributed by atoms with E-state index in [9.17, 15) is 0 Å². The summed E-state index contributed by atoms with van der Waals surface area (Å²) in [5.74, 6) is 0. The second kappa shape index (κ2) is 4.61. The molecule has 5 rings (SSSR count). The summed E-state index contributed by atoms with van der Waals surface area (Å²) in [6.07, 6.45) is 1.74. The van der Waals surface area contributed by atoms with E-state index in [1.165, 1.54) is 10.8 Å². The number of aromatic amines is 3. The first kappa shape index (κ1) is 12.3. The van der Waals surface area contributed by atoms with E-state index in [1.807, 2.05) is 24.3 Å². The van der Waals surface area contributed by atoms with Crippen molar-refractivity contribution in [3.63, 3.8) is 0 Å². The highest BCUT2D eigenvalue weighted by Gasteiger charge is 2.14. The van der Waals surface area contributed by atoms with E-state index in [1.54, 1.807) is 6.33 Å². The molecule has 23 heavy (non-hydrogen) atoms. The van der Waals surface area contributed by atoms with Gasteiger partial charge in [-0.15, -0.1) is 0 Å². The maximum absolute atomic E-state index is 4.52. The molecule has 110 valence electrons. The van der Waals surface area contributed by atoms with Gasteiger partial charge in [0.15, 0.2) is 0 Å². The van der Waals surface area contributed by atoms with Gasteiger partial charge in [0.1, 0.15) is 5.69 Å².